The van der Waals surface area contributed by atoms with E-state index in [1.54, 1.807) is 20.3 Å². The smallest absolute Gasteiger partial charge is 0.253 e. The van der Waals surface area contributed by atoms with Gasteiger partial charge in [-0.15, -0.1) is 0 Å². The van der Waals surface area contributed by atoms with Gasteiger partial charge < -0.3 is 24.2 Å². The third-order valence-electron chi connectivity index (χ3n) is 7.54. The first kappa shape index (κ1) is 31.8. The standard InChI is InChI=1S/C33H35Cl2N5O3S/c1-38(14-13-23-9-12-28(42-2)29(19-23)43-3)31-21-30(35)36-33(37-31)44-22-24-7-10-25(11-8-24)32(41)40-17-15-39(16-18-40)27-6-4-5-26(34)20-27/h4-12,19-21H,13-18,22H2,1-3H3. The summed E-state index contributed by atoms with van der Waals surface area (Å²) in [4.78, 5) is 28.5. The van der Waals surface area contributed by atoms with Crippen molar-refractivity contribution in [1.29, 1.82) is 0 Å². The molecule has 0 saturated carbocycles. The number of hydrogen-bond acceptors (Lipinski definition) is 8. The molecule has 1 aromatic heterocycles. The van der Waals surface area contributed by atoms with Crippen molar-refractivity contribution in [3.05, 3.63) is 99.7 Å². The quantitative estimate of drug-likeness (QED) is 0.100. The number of anilines is 2. The van der Waals surface area contributed by atoms with Gasteiger partial charge >= 0.3 is 0 Å². The van der Waals surface area contributed by atoms with Crippen molar-refractivity contribution in [3.8, 4) is 11.5 Å². The first-order valence-corrected chi connectivity index (χ1v) is 16.0. The van der Waals surface area contributed by atoms with Gasteiger partial charge in [0.2, 0.25) is 0 Å². The number of carbonyl (C=O) groups excluding carboxylic acids is 1. The molecule has 1 fully saturated rings. The summed E-state index contributed by atoms with van der Waals surface area (Å²) in [7, 11) is 5.25. The number of nitrogens with zero attached hydrogens (tertiary/aromatic N) is 5. The van der Waals surface area contributed by atoms with Gasteiger partial charge in [-0.05, 0) is 60.0 Å². The maximum absolute atomic E-state index is 13.2. The topological polar surface area (TPSA) is 71.0 Å². The Kier molecular flexibility index (Phi) is 10.7. The molecule has 230 valence electrons. The van der Waals surface area contributed by atoms with Gasteiger partial charge in [-0.2, -0.15) is 0 Å². The highest BCUT2D eigenvalue weighted by molar-refractivity contribution is 7.98. The lowest BCUT2D eigenvalue weighted by atomic mass is 10.1. The molecule has 1 aliphatic heterocycles. The van der Waals surface area contributed by atoms with Crippen LogP contribution in [0.2, 0.25) is 10.2 Å². The molecule has 2 heterocycles. The van der Waals surface area contributed by atoms with Crippen molar-refractivity contribution >= 4 is 52.4 Å². The van der Waals surface area contributed by atoms with Crippen LogP contribution in [0, 0.1) is 0 Å². The molecule has 0 N–H and O–H groups in total. The number of halogens is 2. The number of carbonyl (C=O) groups is 1. The SMILES string of the molecule is COc1ccc(CCN(C)c2cc(Cl)nc(SCc3ccc(C(=O)N4CCN(c5cccc(Cl)c5)CC4)cc3)n2)cc1OC. The maximum atomic E-state index is 13.2. The van der Waals surface area contributed by atoms with Crippen LogP contribution in [-0.4, -0.2) is 74.8 Å². The number of aromatic nitrogens is 2. The normalized spacial score (nSPS) is 13.1. The van der Waals surface area contributed by atoms with Crippen LogP contribution in [0.15, 0.2) is 78.0 Å². The predicted octanol–water partition coefficient (Wildman–Crippen LogP) is 6.73. The van der Waals surface area contributed by atoms with Crippen LogP contribution in [-0.2, 0) is 12.2 Å². The van der Waals surface area contributed by atoms with E-state index in [1.165, 1.54) is 11.8 Å². The van der Waals surface area contributed by atoms with Gasteiger partial charge in [0.25, 0.3) is 5.91 Å². The molecule has 5 rings (SSSR count). The minimum absolute atomic E-state index is 0.0499. The van der Waals surface area contributed by atoms with E-state index < -0.39 is 0 Å². The lowest BCUT2D eigenvalue weighted by Gasteiger charge is -2.36. The molecule has 44 heavy (non-hydrogen) atoms. The van der Waals surface area contributed by atoms with Crippen LogP contribution in [0.25, 0.3) is 0 Å². The van der Waals surface area contributed by atoms with Crippen molar-refractivity contribution in [3.63, 3.8) is 0 Å². The maximum Gasteiger partial charge on any atom is 0.253 e. The highest BCUT2D eigenvalue weighted by Crippen LogP contribution is 2.29. The number of methoxy groups -OCH3 is 2. The Morgan fingerprint density at radius 1 is 0.886 bits per heavy atom. The molecular formula is C33H35Cl2N5O3S. The Hall–Kier alpha value is -3.66. The molecule has 0 bridgehead atoms. The van der Waals surface area contributed by atoms with Gasteiger partial charge in [0.15, 0.2) is 16.7 Å². The van der Waals surface area contributed by atoms with Crippen LogP contribution in [0.3, 0.4) is 0 Å². The first-order chi connectivity index (χ1) is 21.3. The van der Waals surface area contributed by atoms with Crippen molar-refractivity contribution in [2.75, 3.05) is 63.8 Å². The predicted molar refractivity (Wildman–Crippen MR) is 179 cm³/mol. The lowest BCUT2D eigenvalue weighted by molar-refractivity contribution is 0.0747. The number of ether oxygens (including phenoxy) is 2. The van der Waals surface area contributed by atoms with Crippen LogP contribution < -0.4 is 19.3 Å². The van der Waals surface area contributed by atoms with E-state index >= 15 is 0 Å². The number of piperazine rings is 1. The monoisotopic (exact) mass is 651 g/mol. The Morgan fingerprint density at radius 3 is 2.32 bits per heavy atom. The van der Waals surface area contributed by atoms with Crippen LogP contribution in [0.5, 0.6) is 11.5 Å². The Bertz CT molecular complexity index is 1580. The summed E-state index contributed by atoms with van der Waals surface area (Å²) in [6.07, 6.45) is 0.795. The van der Waals surface area contributed by atoms with Gasteiger partial charge in [-0.1, -0.05) is 59.2 Å². The molecule has 0 atom stereocenters. The van der Waals surface area contributed by atoms with Crippen LogP contribution >= 0.6 is 35.0 Å². The third kappa shape index (κ3) is 8.08. The average molecular weight is 653 g/mol. The number of hydrogen-bond donors (Lipinski definition) is 0. The fourth-order valence-electron chi connectivity index (χ4n) is 5.01. The van der Waals surface area contributed by atoms with Gasteiger partial charge in [0.1, 0.15) is 11.0 Å². The highest BCUT2D eigenvalue weighted by atomic mass is 35.5. The summed E-state index contributed by atoms with van der Waals surface area (Å²) >= 11 is 14.0. The zero-order valence-corrected chi connectivity index (χ0v) is 27.3. The second-order valence-corrected chi connectivity index (χ2v) is 12.2. The summed E-state index contributed by atoms with van der Waals surface area (Å²) < 4.78 is 10.8. The Morgan fingerprint density at radius 2 is 1.61 bits per heavy atom. The van der Waals surface area contributed by atoms with E-state index in [1.807, 2.05) is 72.6 Å². The number of likely N-dealkylation sites (N-methyl/N-ethyl adjacent to an activating group) is 1. The number of amides is 1. The van der Waals surface area contributed by atoms with E-state index in [0.717, 1.165) is 53.7 Å². The van der Waals surface area contributed by atoms with E-state index in [0.29, 0.717) is 46.2 Å². The zero-order valence-electron chi connectivity index (χ0n) is 25.0. The second kappa shape index (κ2) is 14.9. The second-order valence-electron chi connectivity index (χ2n) is 10.4. The van der Waals surface area contributed by atoms with Crippen molar-refractivity contribution in [2.24, 2.45) is 0 Å². The molecule has 8 nitrogen and oxygen atoms in total. The molecule has 1 amide bonds. The van der Waals surface area contributed by atoms with E-state index in [9.17, 15) is 4.79 Å². The van der Waals surface area contributed by atoms with Gasteiger partial charge in [0.05, 0.1) is 14.2 Å². The highest BCUT2D eigenvalue weighted by Gasteiger charge is 2.22. The Labute approximate surface area is 272 Å². The molecule has 1 saturated heterocycles. The molecule has 1 aliphatic rings. The number of benzene rings is 3. The minimum Gasteiger partial charge on any atom is -0.493 e. The minimum atomic E-state index is 0.0499. The van der Waals surface area contributed by atoms with E-state index in [2.05, 4.69) is 20.9 Å². The molecule has 4 aromatic rings. The summed E-state index contributed by atoms with van der Waals surface area (Å²) in [6.45, 7) is 3.61. The summed E-state index contributed by atoms with van der Waals surface area (Å²) in [5.74, 6) is 2.88. The average Bonchev–Trinajstić information content (AvgIpc) is 3.05. The molecule has 0 unspecified atom stereocenters. The summed E-state index contributed by atoms with van der Waals surface area (Å²) in [5.41, 5.74) is 3.98. The molecule has 3 aromatic carbocycles. The largest absolute Gasteiger partial charge is 0.493 e. The first-order valence-electron chi connectivity index (χ1n) is 14.3. The molecule has 11 heteroatoms. The molecule has 0 radical (unpaired) electrons. The lowest BCUT2D eigenvalue weighted by Crippen LogP contribution is -2.48. The van der Waals surface area contributed by atoms with Crippen LogP contribution in [0.1, 0.15) is 21.5 Å². The van der Waals surface area contributed by atoms with Crippen molar-refractivity contribution in [1.82, 2.24) is 14.9 Å². The van der Waals surface area contributed by atoms with Crippen LogP contribution in [0.4, 0.5) is 11.5 Å². The van der Waals surface area contributed by atoms with Gasteiger partial charge in [-0.3, -0.25) is 4.79 Å². The number of thioether (sulfide) groups is 1. The molecule has 0 aliphatic carbocycles. The molecular weight excluding hydrogens is 617 g/mol. The van der Waals surface area contributed by atoms with Gasteiger partial charge in [0, 0.05) is 67.9 Å². The van der Waals surface area contributed by atoms with Crippen molar-refractivity contribution < 1.29 is 14.3 Å². The zero-order chi connectivity index (χ0) is 31.1. The number of rotatable bonds is 11. The van der Waals surface area contributed by atoms with E-state index in [4.69, 9.17) is 37.7 Å². The summed E-state index contributed by atoms with van der Waals surface area (Å²) in [5, 5.41) is 1.71. The van der Waals surface area contributed by atoms with Gasteiger partial charge in [-0.25, -0.2) is 9.97 Å². The molecule has 0 spiro atoms. The fourth-order valence-corrected chi connectivity index (χ4v) is 6.23. The summed E-state index contributed by atoms with van der Waals surface area (Å²) in [6, 6.07) is 23.3. The van der Waals surface area contributed by atoms with E-state index in [-0.39, 0.29) is 5.91 Å². The third-order valence-corrected chi connectivity index (χ3v) is 8.89. The Balaban J connectivity index is 1.13. The fraction of sp³-hybridized carbons (Fsp3) is 0.303. The van der Waals surface area contributed by atoms with Crippen molar-refractivity contribution in [2.45, 2.75) is 17.3 Å².